The van der Waals surface area contributed by atoms with Gasteiger partial charge in [0, 0.05) is 19.8 Å². The van der Waals surface area contributed by atoms with E-state index in [-0.39, 0.29) is 0 Å². The van der Waals surface area contributed by atoms with E-state index in [9.17, 15) is 0 Å². The third kappa shape index (κ3) is 4.10. The summed E-state index contributed by atoms with van der Waals surface area (Å²) in [6.45, 7) is 6.96. The lowest BCUT2D eigenvalue weighted by Crippen LogP contribution is -2.10. The second kappa shape index (κ2) is 6.39. The third-order valence-electron chi connectivity index (χ3n) is 2.79. The molecule has 78 valence electrons. The van der Waals surface area contributed by atoms with Crippen molar-refractivity contribution in [3.8, 4) is 0 Å². The maximum atomic E-state index is 5.71. The van der Waals surface area contributed by atoms with Crippen molar-refractivity contribution in [3.05, 3.63) is 0 Å². The van der Waals surface area contributed by atoms with E-state index >= 15 is 0 Å². The lowest BCUT2D eigenvalue weighted by molar-refractivity contribution is 0.0527. The van der Waals surface area contributed by atoms with Crippen molar-refractivity contribution in [2.24, 2.45) is 5.92 Å². The Morgan fingerprint density at radius 3 is 2.77 bits per heavy atom. The fourth-order valence-electron chi connectivity index (χ4n) is 1.82. The Morgan fingerprint density at radius 1 is 1.23 bits per heavy atom. The van der Waals surface area contributed by atoms with Crippen molar-refractivity contribution in [2.45, 2.75) is 45.6 Å². The highest BCUT2D eigenvalue weighted by atomic mass is 16.5. The lowest BCUT2D eigenvalue weighted by atomic mass is 9.99. The second-order valence-electron chi connectivity index (χ2n) is 3.79. The molecule has 1 heterocycles. The molecule has 1 aliphatic rings. The summed E-state index contributed by atoms with van der Waals surface area (Å²) in [7, 11) is 0. The quantitative estimate of drug-likeness (QED) is 0.672. The number of ether oxygens (including phenoxy) is 2. The molecule has 0 aromatic rings. The van der Waals surface area contributed by atoms with E-state index in [4.69, 9.17) is 9.47 Å². The molecule has 2 unspecified atom stereocenters. The van der Waals surface area contributed by atoms with Gasteiger partial charge in [-0.2, -0.15) is 0 Å². The first-order valence-corrected chi connectivity index (χ1v) is 5.56. The van der Waals surface area contributed by atoms with Crippen LogP contribution in [0.2, 0.25) is 0 Å². The van der Waals surface area contributed by atoms with E-state index < -0.39 is 0 Å². The zero-order valence-corrected chi connectivity index (χ0v) is 8.92. The van der Waals surface area contributed by atoms with Crippen molar-refractivity contribution in [1.29, 1.82) is 0 Å². The minimum absolute atomic E-state index is 0.506. The molecule has 2 heteroatoms. The molecule has 1 fully saturated rings. The summed E-state index contributed by atoms with van der Waals surface area (Å²) in [5.41, 5.74) is 0. The van der Waals surface area contributed by atoms with Crippen LogP contribution in [0.4, 0.5) is 0 Å². The van der Waals surface area contributed by atoms with Crippen LogP contribution >= 0.6 is 0 Å². The zero-order chi connectivity index (χ0) is 9.52. The topological polar surface area (TPSA) is 18.5 Å². The van der Waals surface area contributed by atoms with Crippen LogP contribution in [0.3, 0.4) is 0 Å². The molecule has 1 aliphatic heterocycles. The predicted octanol–water partition coefficient (Wildman–Crippen LogP) is 2.62. The van der Waals surface area contributed by atoms with E-state index in [2.05, 4.69) is 13.8 Å². The Kier molecular flexibility index (Phi) is 5.40. The molecule has 0 aromatic carbocycles. The highest BCUT2D eigenvalue weighted by molar-refractivity contribution is 4.67. The van der Waals surface area contributed by atoms with E-state index in [0.29, 0.717) is 6.10 Å². The van der Waals surface area contributed by atoms with Crippen molar-refractivity contribution < 1.29 is 9.47 Å². The fraction of sp³-hybridized carbons (Fsp3) is 1.00. The smallest absolute Gasteiger partial charge is 0.0572 e. The van der Waals surface area contributed by atoms with Crippen molar-refractivity contribution in [2.75, 3.05) is 19.8 Å². The third-order valence-corrected chi connectivity index (χ3v) is 2.79. The Bertz CT molecular complexity index is 125. The van der Waals surface area contributed by atoms with Gasteiger partial charge in [0.1, 0.15) is 0 Å². The van der Waals surface area contributed by atoms with Crippen LogP contribution in [-0.2, 0) is 9.47 Å². The van der Waals surface area contributed by atoms with Crippen molar-refractivity contribution in [1.82, 2.24) is 0 Å². The summed E-state index contributed by atoms with van der Waals surface area (Å²) in [6.07, 6.45) is 5.33. The van der Waals surface area contributed by atoms with Crippen LogP contribution in [0.15, 0.2) is 0 Å². The molecule has 0 bridgehead atoms. The van der Waals surface area contributed by atoms with Gasteiger partial charge in [-0.1, -0.05) is 6.92 Å². The molecule has 0 amide bonds. The van der Waals surface area contributed by atoms with Crippen LogP contribution in [0, 0.1) is 5.92 Å². The van der Waals surface area contributed by atoms with E-state index in [1.165, 1.54) is 19.3 Å². The highest BCUT2D eigenvalue weighted by Gasteiger charge is 2.17. The minimum atomic E-state index is 0.506. The molecule has 1 saturated heterocycles. The highest BCUT2D eigenvalue weighted by Crippen LogP contribution is 2.21. The Balaban J connectivity index is 2.19. The first-order valence-electron chi connectivity index (χ1n) is 5.56. The van der Waals surface area contributed by atoms with E-state index in [1.807, 2.05) is 0 Å². The van der Waals surface area contributed by atoms with Crippen LogP contribution in [0.25, 0.3) is 0 Å². The monoisotopic (exact) mass is 186 g/mol. The first kappa shape index (κ1) is 11.0. The van der Waals surface area contributed by atoms with Gasteiger partial charge in [0.2, 0.25) is 0 Å². The van der Waals surface area contributed by atoms with Gasteiger partial charge in [-0.15, -0.1) is 0 Å². The van der Waals surface area contributed by atoms with Gasteiger partial charge in [0.05, 0.1) is 6.10 Å². The van der Waals surface area contributed by atoms with Crippen LogP contribution in [0.1, 0.15) is 39.5 Å². The fourth-order valence-corrected chi connectivity index (χ4v) is 1.82. The number of rotatable bonds is 4. The summed E-state index contributed by atoms with van der Waals surface area (Å²) < 4.78 is 11.1. The van der Waals surface area contributed by atoms with E-state index in [0.717, 1.165) is 32.2 Å². The molecule has 2 nitrogen and oxygen atoms in total. The first-order chi connectivity index (χ1) is 6.36. The minimum Gasteiger partial charge on any atom is -0.381 e. The summed E-state index contributed by atoms with van der Waals surface area (Å²) in [6, 6.07) is 0. The van der Waals surface area contributed by atoms with Gasteiger partial charge in [0.25, 0.3) is 0 Å². The maximum Gasteiger partial charge on any atom is 0.0572 e. The van der Waals surface area contributed by atoms with Gasteiger partial charge in [-0.25, -0.2) is 0 Å². The van der Waals surface area contributed by atoms with Gasteiger partial charge in [-0.3, -0.25) is 0 Å². The molecule has 2 atom stereocenters. The van der Waals surface area contributed by atoms with Crippen molar-refractivity contribution in [3.63, 3.8) is 0 Å². The Labute approximate surface area is 81.6 Å². The largest absolute Gasteiger partial charge is 0.381 e. The Morgan fingerprint density at radius 2 is 2.08 bits per heavy atom. The standard InChI is InChI=1S/C11H22O2/c1-3-11-6-5-10(7-8-13-11)9-12-4-2/h10-11H,3-9H2,1-2H3. The average molecular weight is 186 g/mol. The van der Waals surface area contributed by atoms with Crippen molar-refractivity contribution >= 4 is 0 Å². The van der Waals surface area contributed by atoms with Gasteiger partial charge >= 0.3 is 0 Å². The molecule has 0 spiro atoms. The molecule has 0 saturated carbocycles. The number of hydrogen-bond donors (Lipinski definition) is 0. The summed E-state index contributed by atoms with van der Waals surface area (Å²) >= 11 is 0. The van der Waals surface area contributed by atoms with E-state index in [1.54, 1.807) is 0 Å². The second-order valence-corrected chi connectivity index (χ2v) is 3.79. The maximum absolute atomic E-state index is 5.71. The normalized spacial score (nSPS) is 30.0. The molecular weight excluding hydrogens is 164 g/mol. The summed E-state index contributed by atoms with van der Waals surface area (Å²) in [4.78, 5) is 0. The Hall–Kier alpha value is -0.0800. The molecular formula is C11H22O2. The molecule has 0 N–H and O–H groups in total. The SMILES string of the molecule is CCOCC1CCOC(CC)CC1. The van der Waals surface area contributed by atoms with Crippen LogP contribution in [-0.4, -0.2) is 25.9 Å². The molecule has 1 rings (SSSR count). The molecule has 13 heavy (non-hydrogen) atoms. The zero-order valence-electron chi connectivity index (χ0n) is 8.92. The summed E-state index contributed by atoms with van der Waals surface area (Å²) in [5, 5.41) is 0. The number of hydrogen-bond acceptors (Lipinski definition) is 2. The van der Waals surface area contributed by atoms with Crippen LogP contribution < -0.4 is 0 Å². The molecule has 0 aromatic heterocycles. The lowest BCUT2D eigenvalue weighted by Gasteiger charge is -2.12. The van der Waals surface area contributed by atoms with Gasteiger partial charge < -0.3 is 9.47 Å². The van der Waals surface area contributed by atoms with Gasteiger partial charge in [0.15, 0.2) is 0 Å². The molecule has 0 aliphatic carbocycles. The predicted molar refractivity (Wildman–Crippen MR) is 53.9 cm³/mol. The van der Waals surface area contributed by atoms with Crippen LogP contribution in [0.5, 0.6) is 0 Å². The molecule has 0 radical (unpaired) electrons. The summed E-state index contributed by atoms with van der Waals surface area (Å²) in [5.74, 6) is 0.733. The average Bonchev–Trinajstić information content (AvgIpc) is 2.39. The van der Waals surface area contributed by atoms with Gasteiger partial charge in [-0.05, 0) is 38.5 Å².